The summed E-state index contributed by atoms with van der Waals surface area (Å²) in [4.78, 5) is 11.6. The number of Topliss-reactive ketones (excluding diaryl/α,β-unsaturated/α-hetero) is 1. The van der Waals surface area contributed by atoms with Crippen LogP contribution in [-0.2, 0) is 0 Å². The molecule has 2 rings (SSSR count). The molecule has 0 heterocycles. The number of fused-ring (bicyclic) bond motifs is 1. The number of hydrogen-bond acceptors (Lipinski definition) is 1. The molecule has 0 atom stereocenters. The van der Waals surface area contributed by atoms with E-state index in [1.165, 1.54) is 34.7 Å². The minimum atomic E-state index is -3.29. The molecular formula is C13H9F2IO. The van der Waals surface area contributed by atoms with Crippen LogP contribution in [0.5, 0.6) is 0 Å². The molecule has 0 aliphatic heterocycles. The van der Waals surface area contributed by atoms with Crippen LogP contribution in [0.2, 0.25) is 0 Å². The van der Waals surface area contributed by atoms with E-state index in [0.717, 1.165) is 10.8 Å². The Kier molecular flexibility index (Phi) is 3.42. The zero-order chi connectivity index (χ0) is 12.5. The SMILES string of the molecule is O=C(c1ccc2ccccc2c1)C(F)(F)CI. The van der Waals surface area contributed by atoms with Crippen LogP contribution in [0.4, 0.5) is 8.78 Å². The first-order valence-electron chi connectivity index (χ1n) is 5.02. The van der Waals surface area contributed by atoms with E-state index >= 15 is 0 Å². The highest BCUT2D eigenvalue weighted by atomic mass is 127. The Balaban J connectivity index is 2.47. The summed E-state index contributed by atoms with van der Waals surface area (Å²) in [6.45, 7) is 0. The summed E-state index contributed by atoms with van der Waals surface area (Å²) in [6.07, 6.45) is 0. The van der Waals surface area contributed by atoms with Crippen LogP contribution < -0.4 is 0 Å². The first-order chi connectivity index (χ1) is 8.04. The predicted molar refractivity (Wildman–Crippen MR) is 72.1 cm³/mol. The molecule has 0 amide bonds. The van der Waals surface area contributed by atoms with Crippen LogP contribution >= 0.6 is 22.6 Å². The molecule has 0 radical (unpaired) electrons. The van der Waals surface area contributed by atoms with Gasteiger partial charge in [0, 0.05) is 5.56 Å². The second-order valence-electron chi connectivity index (χ2n) is 3.73. The van der Waals surface area contributed by atoms with Gasteiger partial charge in [0.2, 0.25) is 5.78 Å². The first-order valence-corrected chi connectivity index (χ1v) is 6.54. The molecule has 0 saturated carbocycles. The Morgan fingerprint density at radius 1 is 1.12 bits per heavy atom. The molecule has 17 heavy (non-hydrogen) atoms. The Morgan fingerprint density at radius 2 is 1.76 bits per heavy atom. The molecule has 0 aromatic heterocycles. The number of halogens is 3. The van der Waals surface area contributed by atoms with Crippen molar-refractivity contribution in [3.63, 3.8) is 0 Å². The van der Waals surface area contributed by atoms with E-state index < -0.39 is 16.1 Å². The monoisotopic (exact) mass is 346 g/mol. The molecule has 0 saturated heterocycles. The van der Waals surface area contributed by atoms with Crippen molar-refractivity contribution < 1.29 is 13.6 Å². The molecule has 0 aliphatic rings. The van der Waals surface area contributed by atoms with E-state index in [2.05, 4.69) is 0 Å². The van der Waals surface area contributed by atoms with E-state index in [4.69, 9.17) is 0 Å². The zero-order valence-corrected chi connectivity index (χ0v) is 10.9. The van der Waals surface area contributed by atoms with E-state index in [-0.39, 0.29) is 5.56 Å². The topological polar surface area (TPSA) is 17.1 Å². The Hall–Kier alpha value is -1.04. The largest absolute Gasteiger partial charge is 0.318 e. The zero-order valence-electron chi connectivity index (χ0n) is 8.79. The molecule has 0 bridgehead atoms. The van der Waals surface area contributed by atoms with Crippen molar-refractivity contribution in [2.45, 2.75) is 5.92 Å². The van der Waals surface area contributed by atoms with Crippen LogP contribution in [-0.4, -0.2) is 16.1 Å². The second-order valence-corrected chi connectivity index (χ2v) is 4.49. The molecule has 0 aliphatic carbocycles. The number of benzene rings is 2. The van der Waals surface area contributed by atoms with Crippen molar-refractivity contribution in [2.24, 2.45) is 0 Å². The lowest BCUT2D eigenvalue weighted by Gasteiger charge is -2.11. The van der Waals surface area contributed by atoms with Gasteiger partial charge in [0.1, 0.15) is 0 Å². The van der Waals surface area contributed by atoms with Gasteiger partial charge < -0.3 is 0 Å². The fourth-order valence-corrected chi connectivity index (χ4v) is 1.95. The van der Waals surface area contributed by atoms with Gasteiger partial charge in [0.05, 0.1) is 4.43 Å². The van der Waals surface area contributed by atoms with Gasteiger partial charge in [-0.05, 0) is 16.8 Å². The van der Waals surface area contributed by atoms with Crippen LogP contribution in [0.1, 0.15) is 10.4 Å². The number of carbonyl (C=O) groups is 1. The van der Waals surface area contributed by atoms with Gasteiger partial charge in [-0.3, -0.25) is 4.79 Å². The van der Waals surface area contributed by atoms with Gasteiger partial charge in [-0.25, -0.2) is 0 Å². The second kappa shape index (κ2) is 4.68. The highest BCUT2D eigenvalue weighted by Crippen LogP contribution is 2.24. The van der Waals surface area contributed by atoms with Gasteiger partial charge in [0.15, 0.2) is 0 Å². The quantitative estimate of drug-likeness (QED) is 0.465. The van der Waals surface area contributed by atoms with Crippen molar-refractivity contribution in [2.75, 3.05) is 4.43 Å². The van der Waals surface area contributed by atoms with E-state index in [0.29, 0.717) is 0 Å². The maximum atomic E-state index is 13.3. The van der Waals surface area contributed by atoms with Crippen molar-refractivity contribution in [1.82, 2.24) is 0 Å². The molecule has 88 valence electrons. The number of ketones is 1. The molecule has 0 unspecified atom stereocenters. The lowest BCUT2D eigenvalue weighted by atomic mass is 10.0. The Labute approximate surface area is 111 Å². The molecule has 0 N–H and O–H groups in total. The first kappa shape index (κ1) is 12.4. The third-order valence-corrected chi connectivity index (χ3v) is 3.47. The maximum Gasteiger partial charge on any atom is 0.318 e. The average Bonchev–Trinajstić information content (AvgIpc) is 2.37. The summed E-state index contributed by atoms with van der Waals surface area (Å²) in [7, 11) is 0. The third kappa shape index (κ3) is 2.46. The molecule has 4 heteroatoms. The van der Waals surface area contributed by atoms with Crippen LogP contribution in [0.15, 0.2) is 42.5 Å². The Bertz CT molecular complexity index is 566. The van der Waals surface area contributed by atoms with Crippen LogP contribution in [0, 0.1) is 0 Å². The van der Waals surface area contributed by atoms with Crippen molar-refractivity contribution in [1.29, 1.82) is 0 Å². The molecule has 2 aromatic rings. The summed E-state index contributed by atoms with van der Waals surface area (Å²) >= 11 is 1.52. The lowest BCUT2D eigenvalue weighted by molar-refractivity contribution is 0.0267. The predicted octanol–water partition coefficient (Wildman–Crippen LogP) is 4.09. The number of hydrogen-bond donors (Lipinski definition) is 0. The molecule has 2 aromatic carbocycles. The van der Waals surface area contributed by atoms with Gasteiger partial charge in [0.25, 0.3) is 0 Å². The van der Waals surface area contributed by atoms with Crippen LogP contribution in [0.25, 0.3) is 10.8 Å². The van der Waals surface area contributed by atoms with Gasteiger partial charge >= 0.3 is 5.92 Å². The van der Waals surface area contributed by atoms with Crippen molar-refractivity contribution in [3.05, 3.63) is 48.0 Å². The third-order valence-electron chi connectivity index (χ3n) is 2.51. The standard InChI is InChI=1S/C13H9F2IO/c14-13(15,8-16)12(17)11-6-5-9-3-1-2-4-10(9)7-11/h1-7H,8H2. The average molecular weight is 346 g/mol. The minimum absolute atomic E-state index is 0.0605. The number of alkyl halides is 3. The fraction of sp³-hybridized carbons (Fsp3) is 0.154. The summed E-state index contributed by atoms with van der Waals surface area (Å²) in [6, 6.07) is 12.0. The normalized spacial score (nSPS) is 11.7. The smallest absolute Gasteiger partial charge is 0.287 e. The fourth-order valence-electron chi connectivity index (χ4n) is 1.60. The van der Waals surface area contributed by atoms with Gasteiger partial charge in [-0.15, -0.1) is 0 Å². The summed E-state index contributed by atoms with van der Waals surface area (Å²) in [5.74, 6) is -4.40. The molecule has 0 spiro atoms. The van der Waals surface area contributed by atoms with E-state index in [1.807, 2.05) is 18.2 Å². The molecule has 0 fully saturated rings. The maximum absolute atomic E-state index is 13.3. The van der Waals surface area contributed by atoms with Crippen LogP contribution in [0.3, 0.4) is 0 Å². The lowest BCUT2D eigenvalue weighted by Crippen LogP contribution is -2.30. The van der Waals surface area contributed by atoms with Crippen molar-refractivity contribution >= 4 is 39.1 Å². The molecule has 1 nitrogen and oxygen atoms in total. The number of carbonyl (C=O) groups excluding carboxylic acids is 1. The Morgan fingerprint density at radius 3 is 2.41 bits per heavy atom. The highest BCUT2D eigenvalue weighted by Gasteiger charge is 2.37. The highest BCUT2D eigenvalue weighted by molar-refractivity contribution is 14.1. The summed E-state index contributed by atoms with van der Waals surface area (Å²) in [5.41, 5.74) is 0.0605. The van der Waals surface area contributed by atoms with E-state index in [1.54, 1.807) is 12.1 Å². The summed E-state index contributed by atoms with van der Waals surface area (Å²) < 4.78 is 26.0. The number of rotatable bonds is 3. The van der Waals surface area contributed by atoms with Gasteiger partial charge in [-0.1, -0.05) is 59.0 Å². The minimum Gasteiger partial charge on any atom is -0.287 e. The summed E-state index contributed by atoms with van der Waals surface area (Å²) in [5, 5.41) is 1.73. The molecular weight excluding hydrogens is 337 g/mol. The van der Waals surface area contributed by atoms with Crippen molar-refractivity contribution in [3.8, 4) is 0 Å². The van der Waals surface area contributed by atoms with E-state index in [9.17, 15) is 13.6 Å². The van der Waals surface area contributed by atoms with Gasteiger partial charge in [-0.2, -0.15) is 8.78 Å².